The minimum Gasteiger partial charge on any atom is -0.327 e. The van der Waals surface area contributed by atoms with E-state index in [0.29, 0.717) is 6.42 Å². The number of nitrogens with two attached hydrogens (primary N) is 1. The summed E-state index contributed by atoms with van der Waals surface area (Å²) in [5, 5.41) is 0. The maximum absolute atomic E-state index is 12.8. The summed E-state index contributed by atoms with van der Waals surface area (Å²) >= 11 is 0. The fourth-order valence-corrected chi connectivity index (χ4v) is 2.30. The maximum Gasteiger partial charge on any atom is 0.160 e. The van der Waals surface area contributed by atoms with E-state index in [1.807, 2.05) is 6.92 Å². The van der Waals surface area contributed by atoms with Crippen LogP contribution < -0.4 is 5.73 Å². The molecule has 2 unspecified atom stereocenters. The van der Waals surface area contributed by atoms with Gasteiger partial charge in [0.1, 0.15) is 0 Å². The summed E-state index contributed by atoms with van der Waals surface area (Å²) in [6.45, 7) is 1.88. The molecule has 15 heavy (non-hydrogen) atoms. The molecule has 0 aromatic heterocycles. The lowest BCUT2D eigenvalue weighted by Gasteiger charge is -2.08. The van der Waals surface area contributed by atoms with E-state index in [9.17, 15) is 13.0 Å². The quantitative estimate of drug-likeness (QED) is 0.861. The van der Waals surface area contributed by atoms with Gasteiger partial charge in [0.25, 0.3) is 0 Å². The largest absolute Gasteiger partial charge is 0.327 e. The zero-order valence-electron chi connectivity index (χ0n) is 8.37. The Labute approximate surface area is 89.9 Å². The second-order valence-corrected chi connectivity index (χ2v) is 4.75. The normalized spacial score (nSPS) is 14.9. The monoisotopic (exact) mass is 233 g/mol. The summed E-state index contributed by atoms with van der Waals surface area (Å²) in [4.78, 5) is 0.276. The van der Waals surface area contributed by atoms with Crippen molar-refractivity contribution >= 4 is 10.8 Å². The molecule has 2 N–H and O–H groups in total. The van der Waals surface area contributed by atoms with Crippen LogP contribution in [0.15, 0.2) is 23.1 Å². The third-order valence-electron chi connectivity index (χ3n) is 2.04. The van der Waals surface area contributed by atoms with E-state index >= 15 is 0 Å². The number of hydrogen-bond donors (Lipinski definition) is 1. The van der Waals surface area contributed by atoms with Crippen LogP contribution in [0.2, 0.25) is 0 Å². The SMILES string of the molecule is CCC(N)CS(=O)c1ccc(F)c(F)c1. The van der Waals surface area contributed by atoms with Crippen LogP contribution in [0, 0.1) is 11.6 Å². The van der Waals surface area contributed by atoms with Crippen molar-refractivity contribution in [2.45, 2.75) is 24.3 Å². The van der Waals surface area contributed by atoms with Crippen molar-refractivity contribution in [2.24, 2.45) is 5.73 Å². The average Bonchev–Trinajstić information content (AvgIpc) is 2.21. The highest BCUT2D eigenvalue weighted by Gasteiger charge is 2.11. The fraction of sp³-hybridized carbons (Fsp3) is 0.400. The molecule has 0 fully saturated rings. The van der Waals surface area contributed by atoms with Crippen LogP contribution in [0.5, 0.6) is 0 Å². The standard InChI is InChI=1S/C10H13F2NOS/c1-2-7(13)6-15(14)8-3-4-9(11)10(12)5-8/h3-5,7H,2,6,13H2,1H3. The highest BCUT2D eigenvalue weighted by Crippen LogP contribution is 2.13. The molecule has 0 aliphatic heterocycles. The van der Waals surface area contributed by atoms with Crippen molar-refractivity contribution in [1.82, 2.24) is 0 Å². The number of halogens is 2. The lowest BCUT2D eigenvalue weighted by Crippen LogP contribution is -2.26. The Morgan fingerprint density at radius 3 is 2.60 bits per heavy atom. The first kappa shape index (κ1) is 12.3. The van der Waals surface area contributed by atoms with Gasteiger partial charge in [0, 0.05) is 16.7 Å². The number of benzene rings is 1. The molecule has 1 aromatic rings. The highest BCUT2D eigenvalue weighted by atomic mass is 32.2. The van der Waals surface area contributed by atoms with Crippen molar-refractivity contribution in [3.05, 3.63) is 29.8 Å². The van der Waals surface area contributed by atoms with Crippen LogP contribution in [-0.2, 0) is 10.8 Å². The van der Waals surface area contributed by atoms with E-state index < -0.39 is 22.4 Å². The van der Waals surface area contributed by atoms with Crippen molar-refractivity contribution < 1.29 is 13.0 Å². The summed E-state index contributed by atoms with van der Waals surface area (Å²) < 4.78 is 37.0. The molecule has 0 aliphatic rings. The molecule has 0 radical (unpaired) electrons. The first-order valence-corrected chi connectivity index (χ1v) is 5.95. The lowest BCUT2D eigenvalue weighted by atomic mass is 10.3. The van der Waals surface area contributed by atoms with E-state index in [-0.39, 0.29) is 16.7 Å². The van der Waals surface area contributed by atoms with E-state index in [1.54, 1.807) is 0 Å². The average molecular weight is 233 g/mol. The zero-order valence-corrected chi connectivity index (χ0v) is 9.19. The highest BCUT2D eigenvalue weighted by molar-refractivity contribution is 7.85. The predicted octanol–water partition coefficient (Wildman–Crippen LogP) is 1.81. The van der Waals surface area contributed by atoms with Gasteiger partial charge in [-0.15, -0.1) is 0 Å². The van der Waals surface area contributed by atoms with Crippen molar-refractivity contribution in [1.29, 1.82) is 0 Å². The van der Waals surface area contributed by atoms with Crippen LogP contribution in [0.1, 0.15) is 13.3 Å². The Bertz CT molecular complexity index is 370. The molecule has 0 aliphatic carbocycles. The van der Waals surface area contributed by atoms with Gasteiger partial charge in [-0.2, -0.15) is 0 Å². The zero-order chi connectivity index (χ0) is 11.4. The molecule has 0 bridgehead atoms. The summed E-state index contributed by atoms with van der Waals surface area (Å²) in [5.41, 5.74) is 5.62. The molecule has 84 valence electrons. The van der Waals surface area contributed by atoms with Crippen LogP contribution in [0.25, 0.3) is 0 Å². The first-order valence-electron chi connectivity index (χ1n) is 4.63. The Kier molecular flexibility index (Phi) is 4.35. The van der Waals surface area contributed by atoms with Crippen molar-refractivity contribution in [2.75, 3.05) is 5.75 Å². The van der Waals surface area contributed by atoms with Gasteiger partial charge in [0.15, 0.2) is 11.6 Å². The van der Waals surface area contributed by atoms with Crippen LogP contribution in [-0.4, -0.2) is 16.0 Å². The maximum atomic E-state index is 12.8. The van der Waals surface area contributed by atoms with Gasteiger partial charge in [0.05, 0.1) is 10.8 Å². The molecule has 1 aromatic carbocycles. The van der Waals surface area contributed by atoms with Gasteiger partial charge in [-0.05, 0) is 24.6 Å². The third kappa shape index (κ3) is 3.35. The van der Waals surface area contributed by atoms with E-state index in [4.69, 9.17) is 5.73 Å². The molecule has 0 saturated carbocycles. The second-order valence-electron chi connectivity index (χ2n) is 3.26. The molecular weight excluding hydrogens is 220 g/mol. The van der Waals surface area contributed by atoms with E-state index in [0.717, 1.165) is 12.1 Å². The van der Waals surface area contributed by atoms with Gasteiger partial charge in [-0.25, -0.2) is 8.78 Å². The topological polar surface area (TPSA) is 43.1 Å². The van der Waals surface area contributed by atoms with Gasteiger partial charge in [0.2, 0.25) is 0 Å². The lowest BCUT2D eigenvalue weighted by molar-refractivity contribution is 0.505. The van der Waals surface area contributed by atoms with Gasteiger partial charge in [-0.3, -0.25) is 4.21 Å². The minimum absolute atomic E-state index is 0.182. The molecule has 2 atom stereocenters. The molecule has 0 amide bonds. The van der Waals surface area contributed by atoms with Crippen molar-refractivity contribution in [3.63, 3.8) is 0 Å². The third-order valence-corrected chi connectivity index (χ3v) is 3.55. The molecule has 2 nitrogen and oxygen atoms in total. The summed E-state index contributed by atoms with van der Waals surface area (Å²) in [6.07, 6.45) is 0.704. The second kappa shape index (κ2) is 5.32. The molecule has 0 spiro atoms. The number of hydrogen-bond acceptors (Lipinski definition) is 2. The van der Waals surface area contributed by atoms with Crippen LogP contribution >= 0.6 is 0 Å². The van der Waals surface area contributed by atoms with E-state index in [1.165, 1.54) is 6.07 Å². The van der Waals surface area contributed by atoms with Gasteiger partial charge < -0.3 is 5.73 Å². The Morgan fingerprint density at radius 2 is 2.07 bits per heavy atom. The Balaban J connectivity index is 2.78. The summed E-state index contributed by atoms with van der Waals surface area (Å²) in [6, 6.07) is 3.06. The number of rotatable bonds is 4. The molecular formula is C10H13F2NOS. The fourth-order valence-electron chi connectivity index (χ4n) is 1.03. The molecule has 5 heteroatoms. The van der Waals surface area contributed by atoms with Gasteiger partial charge in [-0.1, -0.05) is 6.92 Å². The molecule has 0 heterocycles. The summed E-state index contributed by atoms with van der Waals surface area (Å²) in [7, 11) is -1.36. The Hall–Kier alpha value is -0.810. The summed E-state index contributed by atoms with van der Waals surface area (Å²) in [5.74, 6) is -1.65. The Morgan fingerprint density at radius 1 is 1.40 bits per heavy atom. The molecule has 0 saturated heterocycles. The first-order chi connectivity index (χ1) is 7.04. The van der Waals surface area contributed by atoms with Crippen LogP contribution in [0.3, 0.4) is 0 Å². The minimum atomic E-state index is -1.36. The van der Waals surface area contributed by atoms with E-state index in [2.05, 4.69) is 0 Å². The van der Waals surface area contributed by atoms with Crippen molar-refractivity contribution in [3.8, 4) is 0 Å². The van der Waals surface area contributed by atoms with Crippen LogP contribution in [0.4, 0.5) is 8.78 Å². The predicted molar refractivity (Wildman–Crippen MR) is 55.9 cm³/mol. The smallest absolute Gasteiger partial charge is 0.160 e. The molecule has 1 rings (SSSR count). The van der Waals surface area contributed by atoms with Gasteiger partial charge >= 0.3 is 0 Å².